The Morgan fingerprint density at radius 1 is 0.429 bits per heavy atom. The maximum Gasteiger partial charge on any atom is 0.164 e. The molecule has 0 saturated carbocycles. The van der Waals surface area contributed by atoms with Gasteiger partial charge in [-0.15, -0.1) is 0 Å². The molecule has 11 aromatic rings. The fraction of sp³-hybridized carbons (Fsp3) is 0. The van der Waals surface area contributed by atoms with Crippen molar-refractivity contribution in [3.05, 3.63) is 152 Å². The third-order valence-corrected chi connectivity index (χ3v) is 9.81. The molecule has 5 heteroatoms. The van der Waals surface area contributed by atoms with Crippen LogP contribution in [0.1, 0.15) is 0 Å². The summed E-state index contributed by atoms with van der Waals surface area (Å²) in [7, 11) is 0. The van der Waals surface area contributed by atoms with E-state index in [0.29, 0.717) is 5.82 Å². The second-order valence-electron chi connectivity index (χ2n) is 12.5. The summed E-state index contributed by atoms with van der Waals surface area (Å²) in [5, 5.41) is 7.50. The van der Waals surface area contributed by atoms with E-state index in [-0.39, 0.29) is 0 Å². The summed E-state index contributed by atoms with van der Waals surface area (Å²) < 4.78 is 15.6. The van der Waals surface area contributed by atoms with Crippen molar-refractivity contribution in [3.63, 3.8) is 0 Å². The predicted molar refractivity (Wildman–Crippen MR) is 199 cm³/mol. The van der Waals surface area contributed by atoms with Crippen molar-refractivity contribution in [1.29, 1.82) is 0 Å². The van der Waals surface area contributed by atoms with E-state index in [9.17, 15) is 0 Å². The topological polar surface area (TPSA) is 57.0 Å². The summed E-state index contributed by atoms with van der Waals surface area (Å²) in [6, 6.07) is 52.4. The lowest BCUT2D eigenvalue weighted by atomic mass is 10.0. The maximum atomic E-state index is 6.79. The Kier molecular flexibility index (Phi) is 5.32. The minimum absolute atomic E-state index is 0.590. The third-order valence-electron chi connectivity index (χ3n) is 9.81. The number of aromatic nitrogens is 3. The summed E-state index contributed by atoms with van der Waals surface area (Å²) in [6.45, 7) is 0. The fourth-order valence-corrected chi connectivity index (χ4v) is 7.69. The number of furan rings is 2. The molecule has 0 saturated heterocycles. The highest BCUT2D eigenvalue weighted by molar-refractivity contribution is 6.28. The average Bonchev–Trinajstić information content (AvgIpc) is 3.84. The van der Waals surface area contributed by atoms with Gasteiger partial charge >= 0.3 is 0 Å². The van der Waals surface area contributed by atoms with Crippen LogP contribution in [0.15, 0.2) is 160 Å². The van der Waals surface area contributed by atoms with Crippen molar-refractivity contribution in [3.8, 4) is 28.3 Å². The van der Waals surface area contributed by atoms with Crippen molar-refractivity contribution in [1.82, 2.24) is 14.5 Å². The van der Waals surface area contributed by atoms with Crippen molar-refractivity contribution < 1.29 is 8.83 Å². The van der Waals surface area contributed by atoms with E-state index in [4.69, 9.17) is 18.8 Å². The Balaban J connectivity index is 1.24. The van der Waals surface area contributed by atoms with Crippen molar-refractivity contribution in [2.24, 2.45) is 0 Å². The average molecular weight is 628 g/mol. The molecule has 7 aromatic carbocycles. The molecule has 0 unspecified atom stereocenters. The monoisotopic (exact) mass is 627 g/mol. The smallest absolute Gasteiger partial charge is 0.164 e. The summed E-state index contributed by atoms with van der Waals surface area (Å²) in [6.07, 6.45) is 0. The zero-order valence-corrected chi connectivity index (χ0v) is 26.1. The first kappa shape index (κ1) is 26.4. The van der Waals surface area contributed by atoms with Gasteiger partial charge in [0.05, 0.1) is 22.3 Å². The van der Waals surface area contributed by atoms with Gasteiger partial charge in [-0.1, -0.05) is 97.1 Å². The van der Waals surface area contributed by atoms with E-state index in [0.717, 1.165) is 88.3 Å². The fourth-order valence-electron chi connectivity index (χ4n) is 7.69. The van der Waals surface area contributed by atoms with E-state index in [1.54, 1.807) is 0 Å². The SMILES string of the molecule is c1ccc(-c2nc(-c3cccc4c3oc3ccc5c(c6ccccc6n5-c5ccccc5)c34)nc3c2ccc2c4ccccc4oc23)cc1. The second-order valence-corrected chi connectivity index (χ2v) is 12.5. The molecule has 5 nitrogen and oxygen atoms in total. The lowest BCUT2D eigenvalue weighted by Gasteiger charge is -2.10. The lowest BCUT2D eigenvalue weighted by molar-refractivity contribution is 0.669. The molecule has 0 fully saturated rings. The zero-order chi connectivity index (χ0) is 32.1. The van der Waals surface area contributed by atoms with E-state index >= 15 is 0 Å². The highest BCUT2D eigenvalue weighted by Gasteiger charge is 2.23. The molecular formula is C44H25N3O2. The molecule has 11 rings (SSSR count). The quantitative estimate of drug-likeness (QED) is 0.196. The first-order chi connectivity index (χ1) is 24.3. The van der Waals surface area contributed by atoms with Crippen LogP contribution in [-0.2, 0) is 0 Å². The minimum atomic E-state index is 0.590. The normalized spacial score (nSPS) is 12.1. The van der Waals surface area contributed by atoms with Crippen LogP contribution in [0.3, 0.4) is 0 Å². The zero-order valence-electron chi connectivity index (χ0n) is 26.1. The van der Waals surface area contributed by atoms with Crippen LogP contribution in [0, 0.1) is 0 Å². The van der Waals surface area contributed by atoms with Crippen molar-refractivity contribution in [2.75, 3.05) is 0 Å². The van der Waals surface area contributed by atoms with Crippen molar-refractivity contribution >= 4 is 76.6 Å². The van der Waals surface area contributed by atoms with Gasteiger partial charge in [-0.05, 0) is 54.6 Å². The van der Waals surface area contributed by atoms with Gasteiger partial charge in [0.25, 0.3) is 0 Å². The van der Waals surface area contributed by atoms with Crippen LogP contribution in [0.2, 0.25) is 0 Å². The Bertz CT molecular complexity index is 3100. The second kappa shape index (κ2) is 9.89. The molecule has 0 aliphatic rings. The molecule has 0 bridgehead atoms. The summed E-state index contributed by atoms with van der Waals surface area (Å²) in [5.41, 5.74) is 10.1. The van der Waals surface area contributed by atoms with Gasteiger partial charge in [-0.25, -0.2) is 9.97 Å². The number of nitrogens with zero attached hydrogens (tertiary/aromatic N) is 3. The van der Waals surface area contributed by atoms with Gasteiger partial charge in [0.2, 0.25) is 0 Å². The van der Waals surface area contributed by atoms with Crippen LogP contribution >= 0.6 is 0 Å². The molecule has 0 amide bonds. The molecule has 0 atom stereocenters. The molecule has 0 aliphatic carbocycles. The predicted octanol–water partition coefficient (Wildman–Crippen LogP) is 11.9. The van der Waals surface area contributed by atoms with Gasteiger partial charge in [-0.2, -0.15) is 0 Å². The van der Waals surface area contributed by atoms with Crippen LogP contribution in [-0.4, -0.2) is 14.5 Å². The number of para-hydroxylation sites is 4. The Morgan fingerprint density at radius 2 is 1.14 bits per heavy atom. The molecule has 0 radical (unpaired) electrons. The number of hydrogen-bond donors (Lipinski definition) is 0. The first-order valence-electron chi connectivity index (χ1n) is 16.4. The highest BCUT2D eigenvalue weighted by atomic mass is 16.3. The number of hydrogen-bond acceptors (Lipinski definition) is 4. The van der Waals surface area contributed by atoms with Gasteiger partial charge in [-0.3, -0.25) is 0 Å². The summed E-state index contributed by atoms with van der Waals surface area (Å²) in [5.74, 6) is 0.590. The van der Waals surface area contributed by atoms with Crippen LogP contribution in [0.4, 0.5) is 0 Å². The van der Waals surface area contributed by atoms with E-state index in [1.807, 2.05) is 36.4 Å². The van der Waals surface area contributed by atoms with Crippen LogP contribution in [0.5, 0.6) is 0 Å². The van der Waals surface area contributed by atoms with E-state index in [2.05, 4.69) is 120 Å². The highest BCUT2D eigenvalue weighted by Crippen LogP contribution is 2.44. The molecule has 0 aliphatic heterocycles. The molecule has 228 valence electrons. The molecular weight excluding hydrogens is 603 g/mol. The van der Waals surface area contributed by atoms with Crippen LogP contribution in [0.25, 0.3) is 105 Å². The number of benzene rings is 7. The molecule has 0 N–H and O–H groups in total. The molecule has 4 heterocycles. The van der Waals surface area contributed by atoms with Crippen molar-refractivity contribution in [2.45, 2.75) is 0 Å². The molecule has 49 heavy (non-hydrogen) atoms. The first-order valence-corrected chi connectivity index (χ1v) is 16.4. The maximum absolute atomic E-state index is 6.79. The van der Waals surface area contributed by atoms with Crippen LogP contribution < -0.4 is 0 Å². The lowest BCUT2D eigenvalue weighted by Crippen LogP contribution is -1.96. The van der Waals surface area contributed by atoms with Gasteiger partial charge in [0.1, 0.15) is 22.3 Å². The number of fused-ring (bicyclic) bond motifs is 12. The Labute approximate surface area is 279 Å². The van der Waals surface area contributed by atoms with E-state index < -0.39 is 0 Å². The Morgan fingerprint density at radius 3 is 2.02 bits per heavy atom. The third kappa shape index (κ3) is 3.70. The Hall–Kier alpha value is -6.72. The van der Waals surface area contributed by atoms with Gasteiger partial charge in [0, 0.05) is 49.0 Å². The standard InChI is InChI=1S/C44H25N3O2/c1-3-12-26(13-4-1)40-32-23-22-29-28-16-8-10-21-36(28)48-43(29)41(32)46-44(45-40)33-19-11-18-31-39-37(49-42(31)33)25-24-35-38(39)30-17-7-9-20-34(30)47(35)27-14-5-2-6-15-27/h1-25H. The van der Waals surface area contributed by atoms with E-state index in [1.165, 1.54) is 10.8 Å². The minimum Gasteiger partial charge on any atom is -0.455 e. The van der Waals surface area contributed by atoms with Gasteiger partial charge in [0.15, 0.2) is 11.4 Å². The summed E-state index contributed by atoms with van der Waals surface area (Å²) in [4.78, 5) is 10.5. The number of rotatable bonds is 3. The molecule has 0 spiro atoms. The molecule has 4 aromatic heterocycles. The largest absolute Gasteiger partial charge is 0.455 e. The summed E-state index contributed by atoms with van der Waals surface area (Å²) >= 11 is 0. The van der Waals surface area contributed by atoms with Gasteiger partial charge < -0.3 is 13.4 Å².